The number of sulfonamides is 1. The molecule has 0 aromatic heterocycles. The number of nitrogens with one attached hydrogen (secondary N) is 1. The molecule has 1 aliphatic heterocycles. The van der Waals surface area contributed by atoms with Crippen LogP contribution in [0.4, 0.5) is 0 Å². The Morgan fingerprint density at radius 3 is 2.46 bits per heavy atom. The molecular weight excluding hydrogens is 354 g/mol. The summed E-state index contributed by atoms with van der Waals surface area (Å²) in [4.78, 5) is 12.3. The van der Waals surface area contributed by atoms with Crippen LogP contribution in [0.5, 0.6) is 0 Å². The van der Waals surface area contributed by atoms with Gasteiger partial charge in [0.05, 0.1) is 23.2 Å². The first-order valence-corrected chi connectivity index (χ1v) is 10.9. The summed E-state index contributed by atoms with van der Waals surface area (Å²) in [6.07, 6.45) is 7.67. The minimum Gasteiger partial charge on any atom is -0.462 e. The number of hydrogen-bond donors (Lipinski definition) is 1. The molecule has 1 N–H and O–H groups in total. The second-order valence-corrected chi connectivity index (χ2v) is 8.88. The van der Waals surface area contributed by atoms with E-state index in [1.807, 2.05) is 0 Å². The molecule has 1 saturated heterocycles. The van der Waals surface area contributed by atoms with Crippen LogP contribution in [0.25, 0.3) is 0 Å². The fourth-order valence-corrected chi connectivity index (χ4v) is 4.56. The highest BCUT2D eigenvalue weighted by atomic mass is 32.2. The second kappa shape index (κ2) is 8.97. The van der Waals surface area contributed by atoms with E-state index in [0.29, 0.717) is 24.7 Å². The van der Waals surface area contributed by atoms with Crippen LogP contribution in [0.1, 0.15) is 55.3 Å². The lowest BCUT2D eigenvalue weighted by Crippen LogP contribution is -2.31. The zero-order chi connectivity index (χ0) is 18.4. The van der Waals surface area contributed by atoms with Crippen molar-refractivity contribution < 1.29 is 22.7 Å². The molecule has 6 nitrogen and oxygen atoms in total. The molecule has 1 atom stereocenters. The SMILES string of the molecule is O=C(OCC1CCCCC1)c1ccc(S(=O)(=O)NCC2CCCO2)cc1. The van der Waals surface area contributed by atoms with Gasteiger partial charge in [0.2, 0.25) is 10.0 Å². The molecule has 0 bridgehead atoms. The third-order valence-electron chi connectivity index (χ3n) is 5.10. The fourth-order valence-electron chi connectivity index (χ4n) is 3.49. The Hall–Kier alpha value is -1.44. The van der Waals surface area contributed by atoms with Gasteiger partial charge in [-0.05, 0) is 55.9 Å². The molecule has 1 unspecified atom stereocenters. The van der Waals surface area contributed by atoms with Crippen molar-refractivity contribution >= 4 is 16.0 Å². The van der Waals surface area contributed by atoms with Crippen molar-refractivity contribution in [1.82, 2.24) is 4.72 Å². The maximum absolute atomic E-state index is 12.3. The molecule has 0 amide bonds. The highest BCUT2D eigenvalue weighted by molar-refractivity contribution is 7.89. The maximum atomic E-state index is 12.3. The van der Waals surface area contributed by atoms with Gasteiger partial charge < -0.3 is 9.47 Å². The second-order valence-electron chi connectivity index (χ2n) is 7.11. The molecule has 1 heterocycles. The van der Waals surface area contributed by atoms with E-state index < -0.39 is 16.0 Å². The van der Waals surface area contributed by atoms with Crippen LogP contribution in [0.2, 0.25) is 0 Å². The van der Waals surface area contributed by atoms with Gasteiger partial charge in [0.1, 0.15) is 0 Å². The lowest BCUT2D eigenvalue weighted by atomic mass is 9.90. The highest BCUT2D eigenvalue weighted by Crippen LogP contribution is 2.24. The Labute approximate surface area is 155 Å². The summed E-state index contributed by atoms with van der Waals surface area (Å²) in [5, 5.41) is 0. The van der Waals surface area contributed by atoms with E-state index in [4.69, 9.17) is 9.47 Å². The summed E-state index contributed by atoms with van der Waals surface area (Å²) < 4.78 is 38.0. The van der Waals surface area contributed by atoms with Gasteiger partial charge in [0.25, 0.3) is 0 Å². The standard InChI is InChI=1S/C19H27NO5S/c21-19(25-14-15-5-2-1-3-6-15)16-8-10-18(11-9-16)26(22,23)20-13-17-7-4-12-24-17/h8-11,15,17,20H,1-7,12-14H2. The number of carbonyl (C=O) groups excluding carboxylic acids is 1. The Bertz CT molecular complexity index is 689. The molecule has 1 aromatic carbocycles. The normalized spacial score (nSPS) is 21.6. The lowest BCUT2D eigenvalue weighted by Gasteiger charge is -2.21. The Morgan fingerprint density at radius 2 is 1.81 bits per heavy atom. The van der Waals surface area contributed by atoms with Gasteiger partial charge in [0, 0.05) is 13.2 Å². The molecule has 0 radical (unpaired) electrons. The van der Waals surface area contributed by atoms with Gasteiger partial charge in [-0.3, -0.25) is 0 Å². The van der Waals surface area contributed by atoms with Crippen molar-refractivity contribution in [1.29, 1.82) is 0 Å². The summed E-state index contributed by atoms with van der Waals surface area (Å²) in [5.74, 6) is 0.0567. The van der Waals surface area contributed by atoms with Crippen LogP contribution >= 0.6 is 0 Å². The summed E-state index contributed by atoms with van der Waals surface area (Å²) in [6.45, 7) is 1.40. The van der Waals surface area contributed by atoms with Crippen molar-refractivity contribution in [3.63, 3.8) is 0 Å². The van der Waals surface area contributed by atoms with Gasteiger partial charge in [-0.15, -0.1) is 0 Å². The zero-order valence-electron chi connectivity index (χ0n) is 15.0. The van der Waals surface area contributed by atoms with E-state index in [9.17, 15) is 13.2 Å². The molecular formula is C19H27NO5S. The number of hydrogen-bond acceptors (Lipinski definition) is 5. The molecule has 2 aliphatic rings. The monoisotopic (exact) mass is 381 g/mol. The zero-order valence-corrected chi connectivity index (χ0v) is 15.8. The quantitative estimate of drug-likeness (QED) is 0.735. The topological polar surface area (TPSA) is 81.7 Å². The van der Waals surface area contributed by atoms with E-state index in [0.717, 1.165) is 25.7 Å². The summed E-state index contributed by atoms with van der Waals surface area (Å²) in [7, 11) is -3.60. The van der Waals surface area contributed by atoms with Crippen molar-refractivity contribution in [2.45, 2.75) is 55.9 Å². The highest BCUT2D eigenvalue weighted by Gasteiger charge is 2.21. The molecule has 3 rings (SSSR count). The first kappa shape index (κ1) is 19.3. The van der Waals surface area contributed by atoms with E-state index in [1.54, 1.807) is 0 Å². The van der Waals surface area contributed by atoms with Crippen LogP contribution < -0.4 is 4.72 Å². The van der Waals surface area contributed by atoms with Gasteiger partial charge in [-0.25, -0.2) is 17.9 Å². The van der Waals surface area contributed by atoms with Gasteiger partial charge in [-0.1, -0.05) is 19.3 Å². The average Bonchev–Trinajstić information content (AvgIpc) is 3.19. The van der Waals surface area contributed by atoms with Gasteiger partial charge >= 0.3 is 5.97 Å². The molecule has 144 valence electrons. The van der Waals surface area contributed by atoms with Crippen molar-refractivity contribution in [2.24, 2.45) is 5.92 Å². The molecule has 7 heteroatoms. The molecule has 1 aliphatic carbocycles. The van der Waals surface area contributed by atoms with E-state index >= 15 is 0 Å². The third kappa shape index (κ3) is 5.28. The van der Waals surface area contributed by atoms with E-state index in [-0.39, 0.29) is 17.5 Å². The predicted octanol–water partition coefficient (Wildman–Crippen LogP) is 2.88. The average molecular weight is 381 g/mol. The van der Waals surface area contributed by atoms with Crippen LogP contribution in [0, 0.1) is 5.92 Å². The Kier molecular flexibility index (Phi) is 6.67. The molecule has 0 spiro atoms. The Morgan fingerprint density at radius 1 is 1.08 bits per heavy atom. The van der Waals surface area contributed by atoms with Crippen LogP contribution in [0.3, 0.4) is 0 Å². The number of ether oxygens (including phenoxy) is 2. The summed E-state index contributed by atoms with van der Waals surface area (Å²) in [5.41, 5.74) is 0.374. The van der Waals surface area contributed by atoms with Gasteiger partial charge in [-0.2, -0.15) is 0 Å². The first-order valence-electron chi connectivity index (χ1n) is 9.43. The number of benzene rings is 1. The lowest BCUT2D eigenvalue weighted by molar-refractivity contribution is 0.0410. The van der Waals surface area contributed by atoms with Crippen LogP contribution in [-0.4, -0.2) is 40.2 Å². The van der Waals surface area contributed by atoms with Crippen molar-refractivity contribution in [2.75, 3.05) is 19.8 Å². The summed E-state index contributed by atoms with van der Waals surface area (Å²) >= 11 is 0. The fraction of sp³-hybridized carbons (Fsp3) is 0.632. The molecule has 2 fully saturated rings. The van der Waals surface area contributed by atoms with Crippen molar-refractivity contribution in [3.05, 3.63) is 29.8 Å². The predicted molar refractivity (Wildman–Crippen MR) is 97.5 cm³/mol. The summed E-state index contributed by atoms with van der Waals surface area (Å²) in [6, 6.07) is 5.89. The number of carbonyl (C=O) groups is 1. The Balaban J connectivity index is 1.52. The largest absolute Gasteiger partial charge is 0.462 e. The number of esters is 1. The van der Waals surface area contributed by atoms with Crippen LogP contribution in [0.15, 0.2) is 29.2 Å². The molecule has 1 aromatic rings. The van der Waals surface area contributed by atoms with E-state index in [2.05, 4.69) is 4.72 Å². The minimum atomic E-state index is -3.60. The number of rotatable bonds is 7. The maximum Gasteiger partial charge on any atom is 0.338 e. The molecule has 1 saturated carbocycles. The third-order valence-corrected chi connectivity index (χ3v) is 6.54. The van der Waals surface area contributed by atoms with Crippen LogP contribution in [-0.2, 0) is 19.5 Å². The van der Waals surface area contributed by atoms with Gasteiger partial charge in [0.15, 0.2) is 0 Å². The van der Waals surface area contributed by atoms with Crippen molar-refractivity contribution in [3.8, 4) is 0 Å². The minimum absolute atomic E-state index is 0.0567. The first-order chi connectivity index (χ1) is 12.5. The smallest absolute Gasteiger partial charge is 0.338 e. The molecule has 26 heavy (non-hydrogen) atoms. The van der Waals surface area contributed by atoms with E-state index in [1.165, 1.54) is 43.5 Å².